The van der Waals surface area contributed by atoms with Crippen molar-refractivity contribution in [2.75, 3.05) is 11.4 Å². The van der Waals surface area contributed by atoms with Gasteiger partial charge in [0.15, 0.2) is 0 Å². The van der Waals surface area contributed by atoms with Crippen LogP contribution in [0.2, 0.25) is 0 Å². The fraction of sp³-hybridized carbons (Fsp3) is 0.0769. The Morgan fingerprint density at radius 1 is 1.09 bits per heavy atom. The summed E-state index contributed by atoms with van der Waals surface area (Å²) in [5.74, 6) is -1.87. The highest BCUT2D eigenvalue weighted by Gasteiger charge is 2.24. The monoisotopic (exact) mass is 328 g/mol. The molecule has 22 heavy (non-hydrogen) atoms. The number of non-ortho nitro benzene ring substituents is 1. The van der Waals surface area contributed by atoms with Gasteiger partial charge in [0.25, 0.3) is 15.7 Å². The number of nitro benzene ring substituents is 1. The molecule has 0 aromatic heterocycles. The van der Waals surface area contributed by atoms with E-state index in [9.17, 15) is 27.3 Å². The minimum atomic E-state index is -4.12. The number of nitrogens with zero attached hydrogens (tertiary/aromatic N) is 2. The molecule has 0 N–H and O–H groups in total. The SMILES string of the molecule is CN(c1ccc(F)cc1F)S(=O)(=O)c1ccc([N+](=O)[O-])cc1. The fourth-order valence-electron chi connectivity index (χ4n) is 1.76. The first-order chi connectivity index (χ1) is 10.2. The molecule has 0 unspecified atom stereocenters. The zero-order valence-corrected chi connectivity index (χ0v) is 12.0. The number of halogens is 2. The van der Waals surface area contributed by atoms with Gasteiger partial charge < -0.3 is 0 Å². The zero-order valence-electron chi connectivity index (χ0n) is 11.2. The maximum absolute atomic E-state index is 13.7. The van der Waals surface area contributed by atoms with Gasteiger partial charge in [0, 0.05) is 25.2 Å². The van der Waals surface area contributed by atoms with Gasteiger partial charge in [0.05, 0.1) is 15.5 Å². The van der Waals surface area contributed by atoms with Crippen LogP contribution >= 0.6 is 0 Å². The molecule has 0 aliphatic rings. The molecule has 6 nitrogen and oxygen atoms in total. The van der Waals surface area contributed by atoms with Gasteiger partial charge in [-0.05, 0) is 24.3 Å². The van der Waals surface area contributed by atoms with Crippen molar-refractivity contribution in [1.82, 2.24) is 0 Å². The third-order valence-electron chi connectivity index (χ3n) is 2.95. The number of hydrogen-bond donors (Lipinski definition) is 0. The van der Waals surface area contributed by atoms with Gasteiger partial charge in [-0.2, -0.15) is 0 Å². The molecule has 0 fully saturated rings. The van der Waals surface area contributed by atoms with Crippen LogP contribution in [0.15, 0.2) is 47.4 Å². The van der Waals surface area contributed by atoms with Gasteiger partial charge in [-0.3, -0.25) is 14.4 Å². The van der Waals surface area contributed by atoms with E-state index >= 15 is 0 Å². The Hall–Kier alpha value is -2.55. The summed E-state index contributed by atoms with van der Waals surface area (Å²) in [4.78, 5) is 9.64. The van der Waals surface area contributed by atoms with Gasteiger partial charge in [0.2, 0.25) is 0 Å². The molecule has 0 aliphatic carbocycles. The molecule has 0 saturated carbocycles. The van der Waals surface area contributed by atoms with Gasteiger partial charge in [-0.1, -0.05) is 0 Å². The van der Waals surface area contributed by atoms with Crippen molar-refractivity contribution in [2.24, 2.45) is 0 Å². The van der Waals surface area contributed by atoms with E-state index in [0.29, 0.717) is 10.4 Å². The molecule has 0 amide bonds. The van der Waals surface area contributed by atoms with E-state index in [1.54, 1.807) is 0 Å². The smallest absolute Gasteiger partial charge is 0.266 e. The predicted molar refractivity (Wildman–Crippen MR) is 75.0 cm³/mol. The highest BCUT2D eigenvalue weighted by molar-refractivity contribution is 7.92. The quantitative estimate of drug-likeness (QED) is 0.638. The number of nitro groups is 1. The fourth-order valence-corrected chi connectivity index (χ4v) is 2.97. The maximum atomic E-state index is 13.7. The Bertz CT molecular complexity index is 822. The summed E-state index contributed by atoms with van der Waals surface area (Å²) in [5, 5.41) is 10.6. The first-order valence-electron chi connectivity index (χ1n) is 5.92. The third-order valence-corrected chi connectivity index (χ3v) is 4.74. The van der Waals surface area contributed by atoms with Crippen LogP contribution in [0, 0.1) is 21.7 Å². The van der Waals surface area contributed by atoms with Gasteiger partial charge in [-0.25, -0.2) is 17.2 Å². The molecular formula is C13H10F2N2O4S. The third kappa shape index (κ3) is 2.89. The van der Waals surface area contributed by atoms with Crippen molar-refractivity contribution >= 4 is 21.4 Å². The second kappa shape index (κ2) is 5.68. The molecule has 0 radical (unpaired) electrons. The summed E-state index contributed by atoms with van der Waals surface area (Å²) in [6.45, 7) is 0. The van der Waals surface area contributed by atoms with Gasteiger partial charge in [0.1, 0.15) is 11.6 Å². The molecule has 2 aromatic rings. The van der Waals surface area contributed by atoms with Crippen molar-refractivity contribution in [2.45, 2.75) is 4.90 Å². The van der Waals surface area contributed by atoms with Crippen LogP contribution in [0.4, 0.5) is 20.2 Å². The first-order valence-corrected chi connectivity index (χ1v) is 7.36. The lowest BCUT2D eigenvalue weighted by Gasteiger charge is -2.20. The molecule has 0 heterocycles. The minimum absolute atomic E-state index is 0.246. The highest BCUT2D eigenvalue weighted by Crippen LogP contribution is 2.26. The lowest BCUT2D eigenvalue weighted by Crippen LogP contribution is -2.27. The topological polar surface area (TPSA) is 80.5 Å². The Labute approximate surface area is 124 Å². The summed E-state index contributed by atoms with van der Waals surface area (Å²) < 4.78 is 51.9. The van der Waals surface area contributed by atoms with Crippen LogP contribution in [0.1, 0.15) is 0 Å². The van der Waals surface area contributed by atoms with Crippen molar-refractivity contribution in [3.8, 4) is 0 Å². The number of hydrogen-bond acceptors (Lipinski definition) is 4. The van der Waals surface area contributed by atoms with Crippen molar-refractivity contribution < 1.29 is 22.1 Å². The molecule has 9 heteroatoms. The zero-order chi connectivity index (χ0) is 16.5. The summed E-state index contributed by atoms with van der Waals surface area (Å²) >= 11 is 0. The van der Waals surface area contributed by atoms with Crippen molar-refractivity contribution in [3.05, 3.63) is 64.2 Å². The molecule has 0 atom stereocenters. The van der Waals surface area contributed by atoms with E-state index in [1.165, 1.54) is 0 Å². The van der Waals surface area contributed by atoms with Crippen molar-refractivity contribution in [3.63, 3.8) is 0 Å². The minimum Gasteiger partial charge on any atom is -0.266 e. The Morgan fingerprint density at radius 3 is 2.18 bits per heavy atom. The van der Waals surface area contributed by atoms with Crippen LogP contribution in [-0.4, -0.2) is 20.4 Å². The average molecular weight is 328 g/mol. The van der Waals surface area contributed by atoms with E-state index in [2.05, 4.69) is 0 Å². The van der Waals surface area contributed by atoms with E-state index in [1.807, 2.05) is 0 Å². The van der Waals surface area contributed by atoms with Crippen LogP contribution in [0.3, 0.4) is 0 Å². The van der Waals surface area contributed by atoms with E-state index in [0.717, 1.165) is 43.4 Å². The van der Waals surface area contributed by atoms with Crippen LogP contribution < -0.4 is 4.31 Å². The van der Waals surface area contributed by atoms with E-state index < -0.39 is 26.6 Å². The number of sulfonamides is 1. The Kier molecular flexibility index (Phi) is 4.09. The predicted octanol–water partition coefficient (Wildman–Crippen LogP) is 2.70. The Balaban J connectivity index is 2.42. The second-order valence-corrected chi connectivity index (χ2v) is 6.29. The maximum Gasteiger partial charge on any atom is 0.269 e. The van der Waals surface area contributed by atoms with Gasteiger partial charge in [-0.15, -0.1) is 0 Å². The number of benzene rings is 2. The molecule has 2 rings (SSSR count). The van der Waals surface area contributed by atoms with Crippen molar-refractivity contribution in [1.29, 1.82) is 0 Å². The lowest BCUT2D eigenvalue weighted by molar-refractivity contribution is -0.384. The molecule has 2 aromatic carbocycles. The molecule has 0 bridgehead atoms. The summed E-state index contributed by atoms with van der Waals surface area (Å²) in [6, 6.07) is 6.64. The number of rotatable bonds is 4. The summed E-state index contributed by atoms with van der Waals surface area (Å²) in [5.41, 5.74) is -0.602. The first kappa shape index (κ1) is 15.8. The summed E-state index contributed by atoms with van der Waals surface area (Å²) in [7, 11) is -3.02. The molecule has 0 aliphatic heterocycles. The van der Waals surface area contributed by atoms with Crippen LogP contribution in [0.5, 0.6) is 0 Å². The Morgan fingerprint density at radius 2 is 1.68 bits per heavy atom. The largest absolute Gasteiger partial charge is 0.269 e. The van der Waals surface area contributed by atoms with Gasteiger partial charge >= 0.3 is 0 Å². The highest BCUT2D eigenvalue weighted by atomic mass is 32.2. The van der Waals surface area contributed by atoms with Crippen LogP contribution in [0.25, 0.3) is 0 Å². The molecular weight excluding hydrogens is 318 g/mol. The average Bonchev–Trinajstić information content (AvgIpc) is 2.46. The van der Waals surface area contributed by atoms with Crippen LogP contribution in [-0.2, 0) is 10.0 Å². The van der Waals surface area contributed by atoms with E-state index in [-0.39, 0.29) is 16.3 Å². The lowest BCUT2D eigenvalue weighted by atomic mass is 10.3. The summed E-state index contributed by atoms with van der Waals surface area (Å²) in [6.07, 6.45) is 0. The molecule has 0 saturated heterocycles. The molecule has 116 valence electrons. The normalized spacial score (nSPS) is 11.2. The molecule has 0 spiro atoms. The number of anilines is 1. The van der Waals surface area contributed by atoms with E-state index in [4.69, 9.17) is 0 Å². The standard InChI is InChI=1S/C13H10F2N2O4S/c1-16(13-7-2-9(14)8-12(13)15)22(20,21)11-5-3-10(4-6-11)17(18)19/h2-8H,1H3. The second-order valence-electron chi connectivity index (χ2n) is 4.32.